The van der Waals surface area contributed by atoms with Crippen LogP contribution in [-0.2, 0) is 54.0 Å². The van der Waals surface area contributed by atoms with Gasteiger partial charge in [0.1, 0.15) is 5.60 Å². The quantitative estimate of drug-likeness (QED) is 0.0643. The summed E-state index contributed by atoms with van der Waals surface area (Å²) in [6, 6.07) is 14.7. The van der Waals surface area contributed by atoms with Crippen LogP contribution in [0, 0.1) is 0 Å². The maximum absolute atomic E-state index is 12.4. The molecule has 1 amide bonds. The smallest absolute Gasteiger partial charge is 0.412 e. The number of carbonyl (C=O) groups excluding carboxylic acids is 3. The Morgan fingerprint density at radius 2 is 1.15 bits per heavy atom. The Bertz CT molecular complexity index is 2640. The normalized spacial score (nSPS) is 12.1. The van der Waals surface area contributed by atoms with E-state index in [-0.39, 0.29) is 19.0 Å². The lowest BCUT2D eigenvalue weighted by atomic mass is 9.93. The predicted molar refractivity (Wildman–Crippen MR) is 236 cm³/mol. The summed E-state index contributed by atoms with van der Waals surface area (Å²) in [6.07, 6.45) is 5.82. The summed E-state index contributed by atoms with van der Waals surface area (Å²) in [5, 5.41) is 17.9. The lowest BCUT2D eigenvalue weighted by Crippen LogP contribution is -2.27. The van der Waals surface area contributed by atoms with Crippen molar-refractivity contribution >= 4 is 65.1 Å². The molecule has 0 aliphatic heterocycles. The number of carbonyl (C=O) groups is 3. The van der Waals surface area contributed by atoms with Crippen LogP contribution in [0.4, 0.5) is 39.4 Å². The van der Waals surface area contributed by atoms with Gasteiger partial charge in [0.25, 0.3) is 0 Å². The molecule has 0 saturated carbocycles. The van der Waals surface area contributed by atoms with Gasteiger partial charge in [-0.05, 0) is 95.7 Å². The average molecular weight is 865 g/mol. The molecule has 0 radical (unpaired) electrons. The zero-order valence-corrected chi connectivity index (χ0v) is 36.3. The van der Waals surface area contributed by atoms with Gasteiger partial charge in [0, 0.05) is 37.6 Å². The summed E-state index contributed by atoms with van der Waals surface area (Å²) in [7, 11) is 3.59. The predicted octanol–water partition coefficient (Wildman–Crippen LogP) is 7.14. The van der Waals surface area contributed by atoms with Gasteiger partial charge in [-0.2, -0.15) is 10.2 Å². The highest BCUT2D eigenvalue weighted by Crippen LogP contribution is 2.36. The maximum atomic E-state index is 12.4. The molecule has 8 rings (SSSR count). The van der Waals surface area contributed by atoms with Crippen LogP contribution < -0.4 is 21.7 Å². The Labute approximate surface area is 364 Å². The van der Waals surface area contributed by atoms with Gasteiger partial charge in [0.05, 0.1) is 58.7 Å². The summed E-state index contributed by atoms with van der Waals surface area (Å²) < 4.78 is 19.0. The number of anilines is 6. The van der Waals surface area contributed by atoms with Gasteiger partial charge in [-0.15, -0.1) is 12.4 Å². The molecule has 62 heavy (non-hydrogen) atoms. The first-order chi connectivity index (χ1) is 29.2. The van der Waals surface area contributed by atoms with Gasteiger partial charge in [-0.3, -0.25) is 14.7 Å². The molecule has 0 unspecified atom stereocenters. The second kappa shape index (κ2) is 18.7. The van der Waals surface area contributed by atoms with Crippen LogP contribution in [0.15, 0.2) is 60.9 Å². The second-order valence-corrected chi connectivity index (χ2v) is 15.2. The highest BCUT2D eigenvalue weighted by molar-refractivity contribution is 5.93. The SMILES string of the molecule is CCOC(=O)c1nn(C)c2c1CCc1cnc(Nc3ccccc3N)nc1-2.CCOC(=O)c1nn(C)c2c1CCc1cnc(Nc3ccccc3NC(=O)OC(C)(C)C)nc1-2.Cl. The number of hydrogen-bond donors (Lipinski definition) is 4. The van der Waals surface area contributed by atoms with Gasteiger partial charge >= 0.3 is 18.0 Å². The molecule has 2 aromatic carbocycles. The van der Waals surface area contributed by atoms with Gasteiger partial charge in [-0.25, -0.2) is 34.3 Å². The number of rotatable bonds is 9. The molecule has 0 bridgehead atoms. The fourth-order valence-electron chi connectivity index (χ4n) is 7.12. The van der Waals surface area contributed by atoms with E-state index in [9.17, 15) is 14.4 Å². The average Bonchev–Trinajstić information content (AvgIpc) is 3.76. The van der Waals surface area contributed by atoms with Gasteiger partial charge in [0.2, 0.25) is 11.9 Å². The molecular weight excluding hydrogens is 816 g/mol. The number of aromatic nitrogens is 8. The van der Waals surface area contributed by atoms with Crippen LogP contribution in [0.25, 0.3) is 22.8 Å². The van der Waals surface area contributed by atoms with E-state index in [4.69, 9.17) is 24.9 Å². The standard InChI is InChI=1S/C24H28N6O4.C19H20N6O2.ClH/c1-6-33-21(31)19-15-12-11-14-13-25-22(28-18(14)20(15)30(5)29-19)26-16-9-7-8-10-17(16)27-23(32)34-24(2,3)4;1-3-27-18(26)16-12-9-8-11-10-21-19(22-14-7-5-4-6-13(14)20)23-15(11)17(12)25(2)24-16;/h7-10,13H,6,11-12H2,1-5H3,(H,27,32)(H,25,26,28);4-7,10H,3,8-9,20H2,1-2H3,(H,21,22,23);1H. The van der Waals surface area contributed by atoms with Crippen molar-refractivity contribution in [2.24, 2.45) is 14.1 Å². The number of esters is 2. The number of ether oxygens (including phenoxy) is 3. The maximum Gasteiger partial charge on any atom is 0.412 e. The second-order valence-electron chi connectivity index (χ2n) is 15.2. The third kappa shape index (κ3) is 9.60. The number of amides is 1. The number of nitrogens with zero attached hydrogens (tertiary/aromatic N) is 8. The third-order valence-corrected chi connectivity index (χ3v) is 9.71. The molecule has 6 aromatic rings. The Morgan fingerprint density at radius 3 is 1.61 bits per heavy atom. The molecule has 5 N–H and O–H groups in total. The van der Waals surface area contributed by atoms with Crippen molar-refractivity contribution in [1.82, 2.24) is 39.5 Å². The van der Waals surface area contributed by atoms with Crippen molar-refractivity contribution in [3.8, 4) is 22.8 Å². The molecule has 18 nitrogen and oxygen atoms in total. The largest absolute Gasteiger partial charge is 0.461 e. The topological polar surface area (TPSA) is 228 Å². The summed E-state index contributed by atoms with van der Waals surface area (Å²) >= 11 is 0. The van der Waals surface area contributed by atoms with Crippen LogP contribution >= 0.6 is 12.4 Å². The summed E-state index contributed by atoms with van der Waals surface area (Å²) in [5.74, 6) is -0.0399. The molecule has 4 aromatic heterocycles. The number of nitrogen functional groups attached to an aromatic ring is 1. The van der Waals surface area contributed by atoms with E-state index < -0.39 is 23.6 Å². The van der Waals surface area contributed by atoms with Crippen molar-refractivity contribution in [3.63, 3.8) is 0 Å². The van der Waals surface area contributed by atoms with Crippen molar-refractivity contribution in [2.75, 3.05) is 34.9 Å². The Hall–Kier alpha value is -7.08. The minimum atomic E-state index is -0.614. The molecule has 0 spiro atoms. The van der Waals surface area contributed by atoms with Gasteiger partial charge < -0.3 is 30.6 Å². The molecule has 0 fully saturated rings. The number of nitrogens with one attached hydrogen (secondary N) is 3. The zero-order valence-electron chi connectivity index (χ0n) is 35.5. The van der Waals surface area contributed by atoms with E-state index in [0.29, 0.717) is 71.9 Å². The van der Waals surface area contributed by atoms with E-state index >= 15 is 0 Å². The number of halogens is 1. The van der Waals surface area contributed by atoms with E-state index in [1.54, 1.807) is 70.3 Å². The molecular formula is C43H49ClN12O6. The van der Waals surface area contributed by atoms with E-state index in [0.717, 1.165) is 51.4 Å². The number of aryl methyl sites for hydroxylation is 4. The minimum absolute atomic E-state index is 0. The lowest BCUT2D eigenvalue weighted by Gasteiger charge is -2.21. The fraction of sp³-hybridized carbons (Fsp3) is 0.326. The van der Waals surface area contributed by atoms with Crippen LogP contribution in [0.3, 0.4) is 0 Å². The third-order valence-electron chi connectivity index (χ3n) is 9.71. The lowest BCUT2D eigenvalue weighted by molar-refractivity contribution is 0.0508. The first kappa shape index (κ1) is 44.5. The first-order valence-electron chi connectivity index (χ1n) is 19.9. The van der Waals surface area contributed by atoms with Crippen LogP contribution in [0.1, 0.15) is 77.8 Å². The van der Waals surface area contributed by atoms with Gasteiger partial charge in [-0.1, -0.05) is 24.3 Å². The first-order valence-corrected chi connectivity index (χ1v) is 19.9. The Kier molecular flexibility index (Phi) is 13.4. The Morgan fingerprint density at radius 1 is 0.694 bits per heavy atom. The van der Waals surface area contributed by atoms with Gasteiger partial charge in [0.15, 0.2) is 11.4 Å². The number of hydrogen-bond acceptors (Lipinski definition) is 15. The number of benzene rings is 2. The van der Waals surface area contributed by atoms with E-state index in [1.165, 1.54) is 0 Å². The molecule has 324 valence electrons. The molecule has 2 aliphatic carbocycles. The minimum Gasteiger partial charge on any atom is -0.461 e. The van der Waals surface area contributed by atoms with Crippen molar-refractivity contribution < 1.29 is 28.6 Å². The number of nitrogens with two attached hydrogens (primary N) is 1. The summed E-state index contributed by atoms with van der Waals surface area (Å²) in [4.78, 5) is 55.1. The number of para-hydroxylation sites is 4. The molecule has 19 heteroatoms. The van der Waals surface area contributed by atoms with E-state index in [1.807, 2.05) is 48.7 Å². The zero-order chi connectivity index (χ0) is 43.4. The molecule has 0 saturated heterocycles. The number of fused-ring (bicyclic) bond motifs is 6. The van der Waals surface area contributed by atoms with E-state index in [2.05, 4.69) is 41.1 Å². The fourth-order valence-corrected chi connectivity index (χ4v) is 7.12. The highest BCUT2D eigenvalue weighted by atomic mass is 35.5. The highest BCUT2D eigenvalue weighted by Gasteiger charge is 2.31. The molecule has 2 aliphatic rings. The van der Waals surface area contributed by atoms with Crippen LogP contribution in [0.5, 0.6) is 0 Å². The molecule has 4 heterocycles. The molecule has 0 atom stereocenters. The van der Waals surface area contributed by atoms with Crippen LogP contribution in [0.2, 0.25) is 0 Å². The van der Waals surface area contributed by atoms with Crippen molar-refractivity contribution in [3.05, 3.63) is 94.6 Å². The summed E-state index contributed by atoms with van der Waals surface area (Å²) in [5.41, 5.74) is 15.3. The summed E-state index contributed by atoms with van der Waals surface area (Å²) in [6.45, 7) is 9.56. The van der Waals surface area contributed by atoms with Crippen LogP contribution in [-0.4, -0.2) is 76.3 Å². The monoisotopic (exact) mass is 864 g/mol. The van der Waals surface area contributed by atoms with Crippen molar-refractivity contribution in [2.45, 2.75) is 65.9 Å². The van der Waals surface area contributed by atoms with Crippen molar-refractivity contribution in [1.29, 1.82) is 0 Å². The Balaban J connectivity index is 0.000000209.